The van der Waals surface area contributed by atoms with Crippen molar-refractivity contribution in [3.8, 4) is 0 Å². The third-order valence-corrected chi connectivity index (χ3v) is 5.76. The van der Waals surface area contributed by atoms with E-state index in [0.29, 0.717) is 0 Å². The SMILES string of the molecule is Cc1cc(NC(=O)C2C3CC(O)C(O3)C2c2ccnc(C(F)(F)F)c2)cc(C(F)(F)F)c1. The standard InChI is InChI=1S/C21H18F6N2O3/c1-9-4-11(20(22,23)24)7-12(5-9)29-19(31)17-14-8-13(30)18(32-14)16(17)10-2-3-28-15(6-10)21(25,26)27/h2-7,13-14,16-18,30H,8H2,1H3,(H,29,31). The number of amides is 1. The second-order valence-electron chi connectivity index (χ2n) is 8.04. The second kappa shape index (κ2) is 7.73. The van der Waals surface area contributed by atoms with Crippen LogP contribution in [0.5, 0.6) is 0 Å². The van der Waals surface area contributed by atoms with Crippen LogP contribution in [0.4, 0.5) is 32.0 Å². The van der Waals surface area contributed by atoms with Gasteiger partial charge in [0.2, 0.25) is 5.91 Å². The van der Waals surface area contributed by atoms with Gasteiger partial charge in [-0.3, -0.25) is 9.78 Å². The normalized spacial score (nSPS) is 27.6. The summed E-state index contributed by atoms with van der Waals surface area (Å²) < 4.78 is 84.4. The molecule has 3 heterocycles. The van der Waals surface area contributed by atoms with Crippen molar-refractivity contribution in [2.24, 2.45) is 5.92 Å². The molecule has 32 heavy (non-hydrogen) atoms. The van der Waals surface area contributed by atoms with Gasteiger partial charge in [0.05, 0.1) is 29.8 Å². The molecule has 2 N–H and O–H groups in total. The minimum Gasteiger partial charge on any atom is -0.390 e. The lowest BCUT2D eigenvalue weighted by atomic mass is 9.74. The van der Waals surface area contributed by atoms with Crippen LogP contribution in [0.1, 0.15) is 34.7 Å². The lowest BCUT2D eigenvalue weighted by Crippen LogP contribution is -2.41. The fraction of sp³-hybridized carbons (Fsp3) is 0.429. The summed E-state index contributed by atoms with van der Waals surface area (Å²) >= 11 is 0. The van der Waals surface area contributed by atoms with E-state index in [1.165, 1.54) is 19.1 Å². The Labute approximate surface area is 178 Å². The number of nitrogens with zero attached hydrogens (tertiary/aromatic N) is 1. The molecule has 0 aliphatic carbocycles. The minimum atomic E-state index is -4.71. The molecule has 5 atom stereocenters. The predicted octanol–water partition coefficient (Wildman–Crippen LogP) is 4.30. The Kier molecular flexibility index (Phi) is 5.44. The van der Waals surface area contributed by atoms with Gasteiger partial charge in [-0.15, -0.1) is 0 Å². The average molecular weight is 460 g/mol. The minimum absolute atomic E-state index is 0.0879. The molecule has 11 heteroatoms. The zero-order valence-corrected chi connectivity index (χ0v) is 16.5. The van der Waals surface area contributed by atoms with Gasteiger partial charge in [0.15, 0.2) is 0 Å². The summed E-state index contributed by atoms with van der Waals surface area (Å²) in [6.07, 6.45) is -10.9. The van der Waals surface area contributed by atoms with Crippen LogP contribution in [-0.2, 0) is 21.9 Å². The number of pyridine rings is 1. The lowest BCUT2D eigenvalue weighted by molar-refractivity contribution is -0.141. The van der Waals surface area contributed by atoms with E-state index < -0.39 is 59.7 Å². The number of hydrogen-bond donors (Lipinski definition) is 2. The monoisotopic (exact) mass is 460 g/mol. The van der Waals surface area contributed by atoms with E-state index in [1.807, 2.05) is 0 Å². The number of aliphatic hydroxyl groups is 1. The summed E-state index contributed by atoms with van der Waals surface area (Å²) in [4.78, 5) is 16.4. The maximum atomic E-state index is 13.1. The molecule has 0 saturated carbocycles. The van der Waals surface area contributed by atoms with Crippen LogP contribution in [0.15, 0.2) is 36.5 Å². The van der Waals surface area contributed by atoms with Crippen LogP contribution in [0.25, 0.3) is 0 Å². The Morgan fingerprint density at radius 1 is 1.12 bits per heavy atom. The highest BCUT2D eigenvalue weighted by atomic mass is 19.4. The number of halogens is 6. The van der Waals surface area contributed by atoms with Gasteiger partial charge in [0.1, 0.15) is 5.69 Å². The highest BCUT2D eigenvalue weighted by Crippen LogP contribution is 2.49. The van der Waals surface area contributed by atoms with Crippen molar-refractivity contribution in [2.45, 2.75) is 49.9 Å². The molecule has 1 aromatic heterocycles. The number of fused-ring (bicyclic) bond motifs is 2. The summed E-state index contributed by atoms with van der Waals surface area (Å²) in [7, 11) is 0. The number of carbonyl (C=O) groups excluding carboxylic acids is 1. The fourth-order valence-corrected chi connectivity index (χ4v) is 4.49. The number of benzene rings is 1. The number of alkyl halides is 6. The largest absolute Gasteiger partial charge is 0.433 e. The van der Waals surface area contributed by atoms with Crippen LogP contribution >= 0.6 is 0 Å². The first-order chi connectivity index (χ1) is 14.8. The molecule has 2 aromatic rings. The molecule has 0 spiro atoms. The summed E-state index contributed by atoms with van der Waals surface area (Å²) in [6.45, 7) is 1.44. The topological polar surface area (TPSA) is 71.5 Å². The van der Waals surface area contributed by atoms with E-state index >= 15 is 0 Å². The first-order valence-electron chi connectivity index (χ1n) is 9.71. The molecule has 2 saturated heterocycles. The summed E-state index contributed by atoms with van der Waals surface area (Å²) in [5.74, 6) is -2.61. The third-order valence-electron chi connectivity index (χ3n) is 5.76. The van der Waals surface area contributed by atoms with Crippen molar-refractivity contribution in [1.82, 2.24) is 4.98 Å². The zero-order valence-electron chi connectivity index (χ0n) is 16.5. The number of aliphatic hydroxyl groups excluding tert-OH is 1. The molecular formula is C21H18F6N2O3. The Hall–Kier alpha value is -2.66. The molecule has 5 unspecified atom stereocenters. The van der Waals surface area contributed by atoms with E-state index in [9.17, 15) is 36.2 Å². The quantitative estimate of drug-likeness (QED) is 0.671. The molecule has 4 rings (SSSR count). The zero-order chi connectivity index (χ0) is 23.4. The Bertz CT molecular complexity index is 1040. The number of anilines is 1. The highest BCUT2D eigenvalue weighted by Gasteiger charge is 2.57. The van der Waals surface area contributed by atoms with Crippen LogP contribution < -0.4 is 5.32 Å². The van der Waals surface area contributed by atoms with Crippen LogP contribution in [0.2, 0.25) is 0 Å². The molecule has 0 radical (unpaired) electrons. The molecule has 172 valence electrons. The van der Waals surface area contributed by atoms with Crippen molar-refractivity contribution in [2.75, 3.05) is 5.32 Å². The molecule has 1 amide bonds. The fourth-order valence-electron chi connectivity index (χ4n) is 4.49. The van der Waals surface area contributed by atoms with E-state index in [0.717, 1.165) is 24.4 Å². The van der Waals surface area contributed by atoms with E-state index in [-0.39, 0.29) is 23.2 Å². The molecule has 5 nitrogen and oxygen atoms in total. The summed E-state index contributed by atoms with van der Waals surface area (Å²) in [5, 5.41) is 12.7. The number of nitrogens with one attached hydrogen (secondary N) is 1. The van der Waals surface area contributed by atoms with Crippen LogP contribution in [-0.4, -0.2) is 34.3 Å². The van der Waals surface area contributed by atoms with Gasteiger partial charge < -0.3 is 15.2 Å². The number of aromatic nitrogens is 1. The van der Waals surface area contributed by atoms with Crippen molar-refractivity contribution < 1.29 is 41.0 Å². The predicted molar refractivity (Wildman–Crippen MR) is 99.6 cm³/mol. The Morgan fingerprint density at radius 3 is 2.50 bits per heavy atom. The van der Waals surface area contributed by atoms with Crippen molar-refractivity contribution in [1.29, 1.82) is 0 Å². The van der Waals surface area contributed by atoms with E-state index in [1.54, 1.807) is 0 Å². The Morgan fingerprint density at radius 2 is 1.84 bits per heavy atom. The number of ether oxygens (including phenoxy) is 1. The van der Waals surface area contributed by atoms with Gasteiger partial charge in [-0.05, 0) is 48.4 Å². The van der Waals surface area contributed by atoms with Gasteiger partial charge in [-0.25, -0.2) is 0 Å². The number of aryl methyl sites for hydroxylation is 1. The Balaban J connectivity index is 1.65. The van der Waals surface area contributed by atoms with Crippen molar-refractivity contribution >= 4 is 11.6 Å². The molecule has 1 aromatic carbocycles. The van der Waals surface area contributed by atoms with E-state index in [2.05, 4.69) is 10.3 Å². The van der Waals surface area contributed by atoms with Gasteiger partial charge in [0.25, 0.3) is 0 Å². The number of hydrogen-bond acceptors (Lipinski definition) is 4. The first kappa shape index (κ1) is 22.5. The van der Waals surface area contributed by atoms with E-state index in [4.69, 9.17) is 4.74 Å². The average Bonchev–Trinajstić information content (AvgIpc) is 3.23. The number of carbonyl (C=O) groups is 1. The molecular weight excluding hydrogens is 442 g/mol. The van der Waals surface area contributed by atoms with Gasteiger partial charge in [-0.2, -0.15) is 26.3 Å². The molecule has 2 aliphatic rings. The summed E-state index contributed by atoms with van der Waals surface area (Å²) in [6, 6.07) is 5.20. The highest BCUT2D eigenvalue weighted by molar-refractivity contribution is 5.94. The first-order valence-corrected chi connectivity index (χ1v) is 9.71. The maximum Gasteiger partial charge on any atom is 0.433 e. The van der Waals surface area contributed by atoms with Gasteiger partial charge >= 0.3 is 12.4 Å². The second-order valence-corrected chi connectivity index (χ2v) is 8.04. The maximum absolute atomic E-state index is 13.1. The molecule has 2 fully saturated rings. The molecule has 2 aliphatic heterocycles. The van der Waals surface area contributed by atoms with Crippen molar-refractivity contribution in [3.63, 3.8) is 0 Å². The smallest absolute Gasteiger partial charge is 0.390 e. The third kappa shape index (κ3) is 4.18. The summed E-state index contributed by atoms with van der Waals surface area (Å²) in [5.41, 5.74) is -1.79. The van der Waals surface area contributed by atoms with Gasteiger partial charge in [0, 0.05) is 24.2 Å². The van der Waals surface area contributed by atoms with Crippen molar-refractivity contribution in [3.05, 3.63) is 58.9 Å². The number of rotatable bonds is 3. The van der Waals surface area contributed by atoms with Gasteiger partial charge in [-0.1, -0.05) is 0 Å². The van der Waals surface area contributed by atoms with Crippen LogP contribution in [0, 0.1) is 12.8 Å². The lowest BCUT2D eigenvalue weighted by Gasteiger charge is -2.30. The molecule has 2 bridgehead atoms. The van der Waals surface area contributed by atoms with Crippen LogP contribution in [0.3, 0.4) is 0 Å².